The normalized spacial score (nSPS) is 10.1. The van der Waals surface area contributed by atoms with E-state index in [-0.39, 0.29) is 17.9 Å². The molecule has 0 bridgehead atoms. The predicted octanol–water partition coefficient (Wildman–Crippen LogP) is 2.31. The number of rotatable bonds is 7. The van der Waals surface area contributed by atoms with Crippen molar-refractivity contribution in [2.75, 3.05) is 18.5 Å². The molecule has 0 spiro atoms. The van der Waals surface area contributed by atoms with Crippen LogP contribution in [0.3, 0.4) is 0 Å². The van der Waals surface area contributed by atoms with E-state index in [0.29, 0.717) is 10.7 Å². The average Bonchev–Trinajstić information content (AvgIpc) is 2.61. The number of nitrogens with one attached hydrogen (secondary N) is 1. The molecule has 0 fully saturated rings. The second-order valence-corrected chi connectivity index (χ2v) is 5.75. The Bertz CT molecular complexity index is 838. The van der Waals surface area contributed by atoms with E-state index in [0.717, 1.165) is 5.56 Å². The Labute approximate surface area is 155 Å². The summed E-state index contributed by atoms with van der Waals surface area (Å²) in [5.41, 5.74) is 6.47. The first-order valence-corrected chi connectivity index (χ1v) is 7.98. The smallest absolute Gasteiger partial charge is 0.342 e. The molecule has 7 nitrogen and oxygen atoms in total. The summed E-state index contributed by atoms with van der Waals surface area (Å²) < 4.78 is 10.1. The fourth-order valence-electron chi connectivity index (χ4n) is 1.99. The Kier molecular flexibility index (Phi) is 6.57. The van der Waals surface area contributed by atoms with Crippen LogP contribution in [0.2, 0.25) is 5.02 Å². The molecule has 0 aliphatic carbocycles. The van der Waals surface area contributed by atoms with E-state index in [2.05, 4.69) is 5.32 Å². The molecule has 0 heterocycles. The molecule has 136 valence electrons. The number of ether oxygens (including phenoxy) is 2. The molecular weight excluding hydrogens is 360 g/mol. The number of para-hydroxylation sites is 1. The molecule has 2 aromatic rings. The second kappa shape index (κ2) is 8.87. The maximum atomic E-state index is 12.1. The quantitative estimate of drug-likeness (QED) is 0.721. The summed E-state index contributed by atoms with van der Waals surface area (Å²) >= 11 is 5.99. The first kappa shape index (κ1) is 19.3. The van der Waals surface area contributed by atoms with Crippen molar-refractivity contribution in [1.29, 1.82) is 0 Å². The topological polar surface area (TPSA) is 108 Å². The fraction of sp³-hybridized carbons (Fsp3) is 0.167. The predicted molar refractivity (Wildman–Crippen MR) is 96.2 cm³/mol. The number of halogens is 1. The number of hydrogen-bond donors (Lipinski definition) is 2. The van der Waals surface area contributed by atoms with Crippen molar-refractivity contribution >= 4 is 35.1 Å². The van der Waals surface area contributed by atoms with Gasteiger partial charge in [-0.3, -0.25) is 9.59 Å². The highest BCUT2D eigenvalue weighted by Crippen LogP contribution is 2.20. The van der Waals surface area contributed by atoms with Gasteiger partial charge in [-0.05, 0) is 36.8 Å². The Balaban J connectivity index is 1.94. The number of benzene rings is 2. The molecule has 0 unspecified atom stereocenters. The number of primary amides is 1. The Morgan fingerprint density at radius 1 is 1.12 bits per heavy atom. The summed E-state index contributed by atoms with van der Waals surface area (Å²) in [6, 6.07) is 11.2. The van der Waals surface area contributed by atoms with E-state index in [1.807, 2.05) is 6.92 Å². The Morgan fingerprint density at radius 2 is 1.85 bits per heavy atom. The zero-order valence-electron chi connectivity index (χ0n) is 14.0. The van der Waals surface area contributed by atoms with Gasteiger partial charge in [0.15, 0.2) is 13.2 Å². The van der Waals surface area contributed by atoms with Gasteiger partial charge in [0.25, 0.3) is 11.8 Å². The highest BCUT2D eigenvalue weighted by molar-refractivity contribution is 6.31. The first-order valence-electron chi connectivity index (χ1n) is 7.60. The molecule has 2 aromatic carbocycles. The van der Waals surface area contributed by atoms with Gasteiger partial charge < -0.3 is 20.5 Å². The number of amides is 2. The van der Waals surface area contributed by atoms with Crippen molar-refractivity contribution in [2.24, 2.45) is 5.73 Å². The molecule has 2 rings (SSSR count). The van der Waals surface area contributed by atoms with Gasteiger partial charge in [-0.25, -0.2) is 4.79 Å². The van der Waals surface area contributed by atoms with Crippen molar-refractivity contribution in [3.63, 3.8) is 0 Å². The van der Waals surface area contributed by atoms with E-state index in [1.54, 1.807) is 30.3 Å². The van der Waals surface area contributed by atoms with Crippen molar-refractivity contribution in [2.45, 2.75) is 6.92 Å². The summed E-state index contributed by atoms with van der Waals surface area (Å²) in [5, 5.41) is 3.09. The van der Waals surface area contributed by atoms with Crippen LogP contribution in [0.4, 0.5) is 5.69 Å². The number of carbonyl (C=O) groups excluding carboxylic acids is 3. The van der Waals surface area contributed by atoms with Gasteiger partial charge in [0.2, 0.25) is 0 Å². The lowest BCUT2D eigenvalue weighted by Crippen LogP contribution is -2.22. The zero-order valence-corrected chi connectivity index (χ0v) is 14.7. The average molecular weight is 377 g/mol. The lowest BCUT2D eigenvalue weighted by Gasteiger charge is -2.10. The molecule has 0 saturated carbocycles. The van der Waals surface area contributed by atoms with Gasteiger partial charge in [0.1, 0.15) is 11.3 Å². The minimum absolute atomic E-state index is 0.0833. The van der Waals surface area contributed by atoms with Crippen molar-refractivity contribution in [1.82, 2.24) is 0 Å². The number of carbonyl (C=O) groups is 3. The van der Waals surface area contributed by atoms with Crippen LogP contribution in [-0.4, -0.2) is 31.0 Å². The maximum absolute atomic E-state index is 12.1. The molecule has 0 aliphatic rings. The van der Waals surface area contributed by atoms with Crippen molar-refractivity contribution in [3.8, 4) is 5.75 Å². The second-order valence-electron chi connectivity index (χ2n) is 5.34. The molecule has 0 aliphatic heterocycles. The molecule has 0 radical (unpaired) electrons. The summed E-state index contributed by atoms with van der Waals surface area (Å²) in [6.45, 7) is 0.973. The molecule has 8 heteroatoms. The van der Waals surface area contributed by atoms with Crippen LogP contribution >= 0.6 is 11.6 Å². The van der Waals surface area contributed by atoms with Gasteiger partial charge in [0, 0.05) is 10.7 Å². The number of esters is 1. The van der Waals surface area contributed by atoms with Crippen molar-refractivity contribution in [3.05, 3.63) is 58.6 Å². The summed E-state index contributed by atoms with van der Waals surface area (Å²) in [7, 11) is 0. The van der Waals surface area contributed by atoms with E-state index in [9.17, 15) is 14.4 Å². The molecule has 3 N–H and O–H groups in total. The first-order chi connectivity index (χ1) is 12.4. The number of aryl methyl sites for hydroxylation is 1. The summed E-state index contributed by atoms with van der Waals surface area (Å²) in [5.74, 6) is -1.82. The van der Waals surface area contributed by atoms with Crippen LogP contribution < -0.4 is 15.8 Å². The minimum atomic E-state index is -0.762. The molecule has 26 heavy (non-hydrogen) atoms. The largest absolute Gasteiger partial charge is 0.483 e. The number of hydrogen-bond acceptors (Lipinski definition) is 5. The van der Waals surface area contributed by atoms with Gasteiger partial charge in [-0.15, -0.1) is 0 Å². The van der Waals surface area contributed by atoms with Crippen LogP contribution in [0.15, 0.2) is 42.5 Å². The minimum Gasteiger partial charge on any atom is -0.483 e. The zero-order chi connectivity index (χ0) is 19.1. The third-order valence-corrected chi connectivity index (χ3v) is 3.67. The van der Waals surface area contributed by atoms with Crippen LogP contribution in [0.5, 0.6) is 5.75 Å². The van der Waals surface area contributed by atoms with Crippen LogP contribution in [0, 0.1) is 6.92 Å². The lowest BCUT2D eigenvalue weighted by atomic mass is 10.2. The SMILES string of the molecule is Cc1ccc(NC(=O)COC(=O)c2ccccc2OCC(N)=O)cc1Cl. The molecule has 0 saturated heterocycles. The summed E-state index contributed by atoms with van der Waals surface area (Å²) in [4.78, 5) is 34.9. The number of nitrogens with two attached hydrogens (primary N) is 1. The Morgan fingerprint density at radius 3 is 2.54 bits per heavy atom. The number of anilines is 1. The van der Waals surface area contributed by atoms with E-state index in [4.69, 9.17) is 26.8 Å². The van der Waals surface area contributed by atoms with Gasteiger partial charge in [0.05, 0.1) is 0 Å². The molecular formula is C18H17ClN2O5. The molecule has 0 atom stereocenters. The third-order valence-electron chi connectivity index (χ3n) is 3.27. The highest BCUT2D eigenvalue weighted by atomic mass is 35.5. The third kappa shape index (κ3) is 5.49. The van der Waals surface area contributed by atoms with Crippen molar-refractivity contribution < 1.29 is 23.9 Å². The van der Waals surface area contributed by atoms with E-state index < -0.39 is 24.4 Å². The van der Waals surface area contributed by atoms with Crippen LogP contribution in [0.1, 0.15) is 15.9 Å². The fourth-order valence-corrected chi connectivity index (χ4v) is 2.17. The van der Waals surface area contributed by atoms with Gasteiger partial charge >= 0.3 is 5.97 Å². The standard InChI is InChI=1S/C18H17ClN2O5/c1-11-6-7-12(8-14(11)19)21-17(23)10-26-18(24)13-4-2-3-5-15(13)25-9-16(20)22/h2-8H,9-10H2,1H3,(H2,20,22)(H,21,23). The monoisotopic (exact) mass is 376 g/mol. The molecule has 2 amide bonds. The van der Waals surface area contributed by atoms with E-state index in [1.165, 1.54) is 12.1 Å². The summed E-state index contributed by atoms with van der Waals surface area (Å²) in [6.07, 6.45) is 0. The van der Waals surface area contributed by atoms with Gasteiger partial charge in [-0.1, -0.05) is 29.8 Å². The Hall–Kier alpha value is -3.06. The van der Waals surface area contributed by atoms with Crippen LogP contribution in [0.25, 0.3) is 0 Å². The molecule has 0 aromatic heterocycles. The highest BCUT2D eigenvalue weighted by Gasteiger charge is 2.16. The van der Waals surface area contributed by atoms with E-state index >= 15 is 0 Å². The van der Waals surface area contributed by atoms with Gasteiger partial charge in [-0.2, -0.15) is 0 Å². The maximum Gasteiger partial charge on any atom is 0.342 e. The lowest BCUT2D eigenvalue weighted by molar-refractivity contribution is -0.120. The van der Waals surface area contributed by atoms with Crippen LogP contribution in [-0.2, 0) is 14.3 Å².